The fourth-order valence-electron chi connectivity index (χ4n) is 2.55. The minimum absolute atomic E-state index is 0. The number of benzene rings is 1. The molecule has 0 spiro atoms. The van der Waals surface area contributed by atoms with Crippen molar-refractivity contribution in [2.45, 2.75) is 32.2 Å². The van der Waals surface area contributed by atoms with Gasteiger partial charge >= 0.3 is 6.36 Å². The standard InChI is InChI=1S/C19H26F3N5O2.HI/c1-4-23-17(25-13-18(2,28)15-11-26-27(3)12-15)24-10-9-14-5-7-16(8-6-14)29-19(20,21)22;/h5-8,11-12,28H,4,9-10,13H2,1-3H3,(H2,23,24,25);1H. The molecule has 0 saturated carbocycles. The van der Waals surface area contributed by atoms with Crippen molar-refractivity contribution in [1.82, 2.24) is 20.4 Å². The number of aliphatic imine (C=N–C) groups is 1. The zero-order valence-electron chi connectivity index (χ0n) is 17.0. The first-order chi connectivity index (χ1) is 13.6. The molecular weight excluding hydrogens is 514 g/mol. The van der Waals surface area contributed by atoms with E-state index in [1.807, 2.05) is 6.92 Å². The number of hydrogen-bond donors (Lipinski definition) is 3. The summed E-state index contributed by atoms with van der Waals surface area (Å²) in [6, 6.07) is 5.74. The van der Waals surface area contributed by atoms with Crippen LogP contribution < -0.4 is 15.4 Å². The highest BCUT2D eigenvalue weighted by Gasteiger charge is 2.31. The van der Waals surface area contributed by atoms with Gasteiger partial charge in [-0.2, -0.15) is 5.10 Å². The van der Waals surface area contributed by atoms with E-state index >= 15 is 0 Å². The van der Waals surface area contributed by atoms with Crippen molar-refractivity contribution in [3.63, 3.8) is 0 Å². The summed E-state index contributed by atoms with van der Waals surface area (Å²) in [6.45, 7) is 4.89. The second-order valence-electron chi connectivity index (χ2n) is 6.74. The van der Waals surface area contributed by atoms with Crippen LogP contribution in [0, 0.1) is 0 Å². The Hall–Kier alpha value is -2.02. The Labute approximate surface area is 190 Å². The molecule has 1 aromatic carbocycles. The molecule has 3 N–H and O–H groups in total. The van der Waals surface area contributed by atoms with E-state index in [0.717, 1.165) is 5.56 Å². The lowest BCUT2D eigenvalue weighted by atomic mass is 10.0. The van der Waals surface area contributed by atoms with Crippen molar-refractivity contribution in [1.29, 1.82) is 0 Å². The van der Waals surface area contributed by atoms with E-state index < -0.39 is 12.0 Å². The van der Waals surface area contributed by atoms with Crippen LogP contribution in [0.2, 0.25) is 0 Å². The van der Waals surface area contributed by atoms with Crippen molar-refractivity contribution >= 4 is 29.9 Å². The Morgan fingerprint density at radius 1 is 1.23 bits per heavy atom. The van der Waals surface area contributed by atoms with E-state index in [9.17, 15) is 18.3 Å². The van der Waals surface area contributed by atoms with Gasteiger partial charge in [0.15, 0.2) is 5.96 Å². The Morgan fingerprint density at radius 2 is 1.90 bits per heavy atom. The zero-order chi connectivity index (χ0) is 21.5. The fraction of sp³-hybridized carbons (Fsp3) is 0.474. The van der Waals surface area contributed by atoms with E-state index in [4.69, 9.17) is 0 Å². The maximum Gasteiger partial charge on any atom is 0.573 e. The SMILES string of the molecule is CCNC(=NCC(C)(O)c1cnn(C)c1)NCCc1ccc(OC(F)(F)F)cc1.I. The maximum absolute atomic E-state index is 12.2. The number of aliphatic hydroxyl groups is 1. The molecule has 0 aliphatic heterocycles. The molecule has 168 valence electrons. The average molecular weight is 541 g/mol. The number of halogens is 4. The van der Waals surface area contributed by atoms with Crippen LogP contribution in [0.5, 0.6) is 5.75 Å². The largest absolute Gasteiger partial charge is 0.573 e. The van der Waals surface area contributed by atoms with Gasteiger partial charge in [-0.3, -0.25) is 4.68 Å². The van der Waals surface area contributed by atoms with Crippen molar-refractivity contribution in [2.24, 2.45) is 12.0 Å². The highest BCUT2D eigenvalue weighted by molar-refractivity contribution is 14.0. The van der Waals surface area contributed by atoms with E-state index in [0.29, 0.717) is 31.0 Å². The van der Waals surface area contributed by atoms with E-state index in [1.165, 1.54) is 12.1 Å². The number of nitrogens with zero attached hydrogens (tertiary/aromatic N) is 3. The lowest BCUT2D eigenvalue weighted by Gasteiger charge is -2.20. The molecule has 1 heterocycles. The van der Waals surface area contributed by atoms with Gasteiger partial charge in [-0.15, -0.1) is 37.1 Å². The van der Waals surface area contributed by atoms with Gasteiger partial charge < -0.3 is 20.5 Å². The van der Waals surface area contributed by atoms with Gasteiger partial charge in [-0.05, 0) is 38.0 Å². The molecule has 0 saturated heterocycles. The second kappa shape index (κ2) is 11.4. The number of ether oxygens (including phenoxy) is 1. The molecule has 0 aliphatic rings. The Morgan fingerprint density at radius 3 is 2.43 bits per heavy atom. The molecule has 1 unspecified atom stereocenters. The van der Waals surface area contributed by atoms with Crippen LogP contribution in [0.25, 0.3) is 0 Å². The lowest BCUT2D eigenvalue weighted by molar-refractivity contribution is -0.274. The molecular formula is C19H27F3IN5O2. The summed E-state index contributed by atoms with van der Waals surface area (Å²) in [4.78, 5) is 4.42. The number of guanidine groups is 1. The minimum Gasteiger partial charge on any atom is -0.406 e. The fourth-order valence-corrected chi connectivity index (χ4v) is 2.55. The van der Waals surface area contributed by atoms with Crippen molar-refractivity contribution in [2.75, 3.05) is 19.6 Å². The van der Waals surface area contributed by atoms with Crippen LogP contribution in [0.4, 0.5) is 13.2 Å². The first kappa shape index (κ1) is 26.0. The smallest absolute Gasteiger partial charge is 0.406 e. The van der Waals surface area contributed by atoms with Gasteiger partial charge in [0.1, 0.15) is 11.4 Å². The highest BCUT2D eigenvalue weighted by atomic mass is 127. The molecule has 0 amide bonds. The van der Waals surface area contributed by atoms with Crippen molar-refractivity contribution in [3.8, 4) is 5.75 Å². The highest BCUT2D eigenvalue weighted by Crippen LogP contribution is 2.23. The summed E-state index contributed by atoms with van der Waals surface area (Å²) in [5.41, 5.74) is 0.358. The molecule has 30 heavy (non-hydrogen) atoms. The third-order valence-corrected chi connectivity index (χ3v) is 4.08. The third kappa shape index (κ3) is 8.78. The minimum atomic E-state index is -4.70. The summed E-state index contributed by atoms with van der Waals surface area (Å²) < 4.78 is 42.1. The predicted octanol–water partition coefficient (Wildman–Crippen LogP) is 2.94. The van der Waals surface area contributed by atoms with Gasteiger partial charge in [0.05, 0.1) is 12.7 Å². The Bertz CT molecular complexity index is 807. The summed E-state index contributed by atoms with van der Waals surface area (Å²) in [5, 5.41) is 20.9. The number of aromatic nitrogens is 2. The lowest BCUT2D eigenvalue weighted by Crippen LogP contribution is -2.39. The first-order valence-electron chi connectivity index (χ1n) is 9.17. The normalized spacial score (nSPS) is 13.9. The van der Waals surface area contributed by atoms with E-state index in [-0.39, 0.29) is 36.3 Å². The average Bonchev–Trinajstić information content (AvgIpc) is 3.07. The number of alkyl halides is 3. The monoisotopic (exact) mass is 541 g/mol. The van der Waals surface area contributed by atoms with Gasteiger partial charge in [0.2, 0.25) is 0 Å². The molecule has 2 rings (SSSR count). The van der Waals surface area contributed by atoms with E-state index in [1.54, 1.807) is 43.2 Å². The predicted molar refractivity (Wildman–Crippen MR) is 119 cm³/mol. The van der Waals surface area contributed by atoms with Gasteiger partial charge in [0, 0.05) is 31.9 Å². The molecule has 0 aliphatic carbocycles. The van der Waals surface area contributed by atoms with Crippen LogP contribution in [0.1, 0.15) is 25.0 Å². The maximum atomic E-state index is 12.2. The molecule has 7 nitrogen and oxygen atoms in total. The van der Waals surface area contributed by atoms with Crippen molar-refractivity contribution < 1.29 is 23.0 Å². The molecule has 0 fully saturated rings. The van der Waals surface area contributed by atoms with E-state index in [2.05, 4.69) is 25.5 Å². The van der Waals surface area contributed by atoms with Crippen molar-refractivity contribution in [3.05, 3.63) is 47.8 Å². The number of aryl methyl sites for hydroxylation is 1. The number of rotatable bonds is 8. The quantitative estimate of drug-likeness (QED) is 0.272. The third-order valence-electron chi connectivity index (χ3n) is 4.08. The van der Waals surface area contributed by atoms with Crippen LogP contribution in [0.3, 0.4) is 0 Å². The van der Waals surface area contributed by atoms with Crippen LogP contribution in [-0.2, 0) is 19.1 Å². The summed E-state index contributed by atoms with van der Waals surface area (Å²) >= 11 is 0. The van der Waals surface area contributed by atoms with Crippen LogP contribution in [0.15, 0.2) is 41.7 Å². The molecule has 1 aromatic heterocycles. The Kier molecular flexibility index (Phi) is 9.88. The zero-order valence-corrected chi connectivity index (χ0v) is 19.4. The Balaban J connectivity index is 0.00000450. The first-order valence-corrected chi connectivity index (χ1v) is 9.17. The van der Waals surface area contributed by atoms with Gasteiger partial charge in [-0.25, -0.2) is 4.99 Å². The summed E-state index contributed by atoms with van der Waals surface area (Å²) in [6.07, 6.45) is -0.781. The number of hydrogen-bond acceptors (Lipinski definition) is 4. The second-order valence-corrected chi connectivity index (χ2v) is 6.74. The molecule has 2 aromatic rings. The molecule has 0 radical (unpaired) electrons. The molecule has 0 bridgehead atoms. The number of nitrogens with one attached hydrogen (secondary N) is 2. The topological polar surface area (TPSA) is 83.7 Å². The summed E-state index contributed by atoms with van der Waals surface area (Å²) in [7, 11) is 1.77. The molecule has 11 heteroatoms. The van der Waals surface area contributed by atoms with Crippen LogP contribution in [-0.4, -0.2) is 46.8 Å². The van der Waals surface area contributed by atoms with Gasteiger partial charge in [0.25, 0.3) is 0 Å². The summed E-state index contributed by atoms with van der Waals surface area (Å²) in [5.74, 6) is 0.287. The molecule has 1 atom stereocenters. The van der Waals surface area contributed by atoms with Gasteiger partial charge in [-0.1, -0.05) is 12.1 Å². The van der Waals surface area contributed by atoms with Crippen LogP contribution >= 0.6 is 24.0 Å².